The second-order valence-electron chi connectivity index (χ2n) is 8.35. The van der Waals surface area contributed by atoms with Crippen LogP contribution >= 0.6 is 0 Å². The zero-order chi connectivity index (χ0) is 21.3. The molecule has 0 unspecified atom stereocenters. The second kappa shape index (κ2) is 11.0. The van der Waals surface area contributed by atoms with Gasteiger partial charge in [-0.2, -0.15) is 0 Å². The van der Waals surface area contributed by atoms with E-state index in [0.717, 1.165) is 24.8 Å². The van der Waals surface area contributed by atoms with Crippen LogP contribution in [0.25, 0.3) is 0 Å². The number of carbonyl (C=O) groups is 2. The van der Waals surface area contributed by atoms with Gasteiger partial charge in [0.25, 0.3) is 0 Å². The summed E-state index contributed by atoms with van der Waals surface area (Å²) in [5.41, 5.74) is 0.494. The van der Waals surface area contributed by atoms with E-state index in [2.05, 4.69) is 0 Å². The van der Waals surface area contributed by atoms with Crippen molar-refractivity contribution in [3.63, 3.8) is 0 Å². The Hall–Kier alpha value is -2.28. The molecule has 0 spiro atoms. The number of hydrogen-bond acceptors (Lipinski definition) is 5. The van der Waals surface area contributed by atoms with Crippen molar-refractivity contribution in [3.05, 3.63) is 35.9 Å². The zero-order valence-corrected chi connectivity index (χ0v) is 18.1. The van der Waals surface area contributed by atoms with Gasteiger partial charge in [0.1, 0.15) is 12.2 Å². The summed E-state index contributed by atoms with van der Waals surface area (Å²) >= 11 is 0. The molecule has 0 N–H and O–H groups in total. The number of benzene rings is 1. The van der Waals surface area contributed by atoms with Crippen molar-refractivity contribution in [3.8, 4) is 0 Å². The maximum atomic E-state index is 12.2. The zero-order valence-electron chi connectivity index (χ0n) is 18.1. The van der Waals surface area contributed by atoms with Gasteiger partial charge in [0.2, 0.25) is 0 Å². The molecule has 0 aliphatic carbocycles. The normalized spacial score (nSPS) is 15.1. The number of hydrogen-bond donors (Lipinski definition) is 0. The molecule has 0 aromatic heterocycles. The van der Waals surface area contributed by atoms with Gasteiger partial charge < -0.3 is 24.0 Å². The summed E-state index contributed by atoms with van der Waals surface area (Å²) in [6.45, 7) is 8.28. The molecule has 2 amide bonds. The highest BCUT2D eigenvalue weighted by Gasteiger charge is 2.24. The molecular weight excluding hydrogens is 372 g/mol. The fourth-order valence-corrected chi connectivity index (χ4v) is 3.00. The Morgan fingerprint density at radius 2 is 1.79 bits per heavy atom. The smallest absolute Gasteiger partial charge is 0.410 e. The van der Waals surface area contributed by atoms with E-state index < -0.39 is 5.60 Å². The molecule has 1 aliphatic rings. The maximum Gasteiger partial charge on any atom is 0.410 e. The molecule has 1 aromatic rings. The number of piperidine rings is 1. The van der Waals surface area contributed by atoms with Gasteiger partial charge in [-0.15, -0.1) is 0 Å². The average Bonchev–Trinajstić information content (AvgIpc) is 2.69. The van der Waals surface area contributed by atoms with Crippen LogP contribution in [-0.4, -0.2) is 67.0 Å². The molecule has 1 aromatic carbocycles. The lowest BCUT2D eigenvalue weighted by atomic mass is 10.1. The van der Waals surface area contributed by atoms with Crippen LogP contribution in [0.4, 0.5) is 9.59 Å². The van der Waals surface area contributed by atoms with E-state index in [1.165, 1.54) is 0 Å². The first kappa shape index (κ1) is 23.0. The molecular formula is C22H34N2O5. The largest absolute Gasteiger partial charge is 0.445 e. The molecule has 7 nitrogen and oxygen atoms in total. The molecule has 29 heavy (non-hydrogen) atoms. The van der Waals surface area contributed by atoms with Crippen LogP contribution in [0, 0.1) is 0 Å². The number of nitrogens with zero attached hydrogens (tertiary/aromatic N) is 2. The lowest BCUT2D eigenvalue weighted by Gasteiger charge is -2.31. The minimum absolute atomic E-state index is 0.139. The SMILES string of the molecule is CN(CCCOC1CCN(C(=O)OCc2ccccc2)CC1)C(=O)OC(C)(C)C. The Kier molecular flexibility index (Phi) is 8.76. The van der Waals surface area contributed by atoms with Gasteiger partial charge in [0.15, 0.2) is 0 Å². The number of ether oxygens (including phenoxy) is 3. The number of amides is 2. The van der Waals surface area contributed by atoms with Crippen LogP contribution in [0.15, 0.2) is 30.3 Å². The second-order valence-corrected chi connectivity index (χ2v) is 8.35. The van der Waals surface area contributed by atoms with Crippen molar-refractivity contribution in [2.45, 2.75) is 58.3 Å². The van der Waals surface area contributed by atoms with Crippen molar-refractivity contribution < 1.29 is 23.8 Å². The van der Waals surface area contributed by atoms with E-state index in [9.17, 15) is 9.59 Å². The first-order valence-electron chi connectivity index (χ1n) is 10.3. The van der Waals surface area contributed by atoms with Crippen LogP contribution in [0.3, 0.4) is 0 Å². The summed E-state index contributed by atoms with van der Waals surface area (Å²) in [4.78, 5) is 27.4. The Morgan fingerprint density at radius 1 is 1.14 bits per heavy atom. The Balaban J connectivity index is 1.57. The van der Waals surface area contributed by atoms with Crippen LogP contribution in [-0.2, 0) is 20.8 Å². The summed E-state index contributed by atoms with van der Waals surface area (Å²) in [6, 6.07) is 9.67. The fourth-order valence-electron chi connectivity index (χ4n) is 3.00. The molecule has 0 saturated carbocycles. The monoisotopic (exact) mass is 406 g/mol. The third kappa shape index (κ3) is 8.73. The number of carbonyl (C=O) groups excluding carboxylic acids is 2. The molecule has 0 bridgehead atoms. The lowest BCUT2D eigenvalue weighted by Crippen LogP contribution is -2.41. The predicted molar refractivity (Wildman–Crippen MR) is 111 cm³/mol. The summed E-state index contributed by atoms with van der Waals surface area (Å²) in [6.07, 6.45) is 1.88. The average molecular weight is 407 g/mol. The fraction of sp³-hybridized carbons (Fsp3) is 0.636. The van der Waals surface area contributed by atoms with Crippen molar-refractivity contribution in [2.75, 3.05) is 33.3 Å². The third-order valence-corrected chi connectivity index (χ3v) is 4.60. The lowest BCUT2D eigenvalue weighted by molar-refractivity contribution is 0.0000247. The first-order valence-corrected chi connectivity index (χ1v) is 10.3. The highest BCUT2D eigenvalue weighted by molar-refractivity contribution is 5.68. The van der Waals surface area contributed by atoms with Crippen LogP contribution in [0.1, 0.15) is 45.6 Å². The molecule has 2 rings (SSSR count). The molecule has 1 heterocycles. The summed E-state index contributed by atoms with van der Waals surface area (Å²) in [7, 11) is 1.73. The van der Waals surface area contributed by atoms with E-state index >= 15 is 0 Å². The van der Waals surface area contributed by atoms with E-state index in [1.807, 2.05) is 51.1 Å². The topological polar surface area (TPSA) is 68.3 Å². The molecule has 1 saturated heterocycles. The van der Waals surface area contributed by atoms with Gasteiger partial charge in [-0.25, -0.2) is 9.59 Å². The standard InChI is InChI=1S/C22H34N2O5/c1-22(2,3)29-20(25)23(4)13-8-16-27-19-11-14-24(15-12-19)21(26)28-17-18-9-6-5-7-10-18/h5-7,9-10,19H,8,11-17H2,1-4H3. The first-order chi connectivity index (χ1) is 13.7. The Bertz CT molecular complexity index is 636. The van der Waals surface area contributed by atoms with Crippen LogP contribution < -0.4 is 0 Å². The van der Waals surface area contributed by atoms with E-state index in [1.54, 1.807) is 16.8 Å². The third-order valence-electron chi connectivity index (χ3n) is 4.60. The Labute approximate surface area is 173 Å². The van der Waals surface area contributed by atoms with Gasteiger partial charge >= 0.3 is 12.2 Å². The Morgan fingerprint density at radius 3 is 2.41 bits per heavy atom. The predicted octanol–water partition coefficient (Wildman–Crippen LogP) is 4.06. The van der Waals surface area contributed by atoms with Gasteiger partial charge in [0.05, 0.1) is 6.10 Å². The highest BCUT2D eigenvalue weighted by atomic mass is 16.6. The van der Waals surface area contributed by atoms with E-state index in [0.29, 0.717) is 32.8 Å². The van der Waals surface area contributed by atoms with Crippen molar-refractivity contribution in [1.82, 2.24) is 9.80 Å². The summed E-state index contributed by atoms with van der Waals surface area (Å²) in [5, 5.41) is 0. The quantitative estimate of drug-likeness (QED) is 0.639. The van der Waals surface area contributed by atoms with Crippen molar-refractivity contribution in [2.24, 2.45) is 0 Å². The van der Waals surface area contributed by atoms with Gasteiger partial charge in [-0.1, -0.05) is 30.3 Å². The van der Waals surface area contributed by atoms with Gasteiger partial charge in [-0.05, 0) is 45.6 Å². The van der Waals surface area contributed by atoms with E-state index in [-0.39, 0.29) is 18.3 Å². The minimum Gasteiger partial charge on any atom is -0.445 e. The van der Waals surface area contributed by atoms with E-state index in [4.69, 9.17) is 14.2 Å². The highest BCUT2D eigenvalue weighted by Crippen LogP contribution is 2.16. The maximum absolute atomic E-state index is 12.2. The van der Waals surface area contributed by atoms with Crippen LogP contribution in [0.5, 0.6) is 0 Å². The summed E-state index contributed by atoms with van der Waals surface area (Å²) < 4.78 is 16.6. The number of likely N-dealkylation sites (tertiary alicyclic amines) is 1. The van der Waals surface area contributed by atoms with Crippen molar-refractivity contribution >= 4 is 12.2 Å². The molecule has 162 valence electrons. The van der Waals surface area contributed by atoms with Gasteiger partial charge in [0, 0.05) is 33.3 Å². The van der Waals surface area contributed by atoms with Crippen molar-refractivity contribution in [1.29, 1.82) is 0 Å². The molecule has 7 heteroatoms. The number of rotatable bonds is 7. The molecule has 1 aliphatic heterocycles. The summed E-state index contributed by atoms with van der Waals surface area (Å²) in [5.74, 6) is 0. The van der Waals surface area contributed by atoms with Gasteiger partial charge in [-0.3, -0.25) is 0 Å². The molecule has 1 fully saturated rings. The molecule has 0 atom stereocenters. The van der Waals surface area contributed by atoms with Crippen LogP contribution in [0.2, 0.25) is 0 Å². The minimum atomic E-state index is -0.488. The molecule has 0 radical (unpaired) electrons.